The molecule has 1 aromatic heterocycles. The number of nitrogens with one attached hydrogen (secondary N) is 2. The third-order valence-corrected chi connectivity index (χ3v) is 8.75. The van der Waals surface area contributed by atoms with Gasteiger partial charge in [0.25, 0.3) is 0 Å². The highest BCUT2D eigenvalue weighted by Gasteiger charge is 2.23. The van der Waals surface area contributed by atoms with Crippen molar-refractivity contribution in [3.8, 4) is 0 Å². The first-order valence-electron chi connectivity index (χ1n) is 11.0. The summed E-state index contributed by atoms with van der Waals surface area (Å²) < 4.78 is 56.5. The maximum Gasteiger partial charge on any atom is 0.240 e. The van der Waals surface area contributed by atoms with Crippen LogP contribution in [0, 0.1) is 6.92 Å². The van der Waals surface area contributed by atoms with E-state index in [1.807, 2.05) is 11.5 Å². The number of aryl methyl sites for hydroxylation is 2. The number of aliphatic hydroxyl groups is 1. The van der Waals surface area contributed by atoms with Crippen LogP contribution >= 0.6 is 0 Å². The Kier molecular flexibility index (Phi) is 8.47. The van der Waals surface area contributed by atoms with Crippen molar-refractivity contribution in [2.24, 2.45) is 0 Å². The molecule has 0 aliphatic carbocycles. The van der Waals surface area contributed by atoms with Crippen LogP contribution in [0.3, 0.4) is 0 Å². The highest BCUT2D eigenvalue weighted by atomic mass is 32.2. The Hall–Kier alpha value is -2.73. The molecule has 2 aromatic carbocycles. The minimum atomic E-state index is -3.93. The van der Waals surface area contributed by atoms with E-state index in [0.29, 0.717) is 37.2 Å². The van der Waals surface area contributed by atoms with Crippen molar-refractivity contribution in [1.82, 2.24) is 14.3 Å². The first-order valence-corrected chi connectivity index (χ1v) is 13.9. The van der Waals surface area contributed by atoms with Gasteiger partial charge in [-0.15, -0.1) is 0 Å². The van der Waals surface area contributed by atoms with Gasteiger partial charge in [-0.05, 0) is 61.7 Å². The SMILES string of the molecule is CCC(O)CNc1ccc(S(=O)(=O)c2ccc(C)c(S(=O)(=O)NCCCn3ccnc3)c2)cc1. The molecule has 1 atom stereocenters. The largest absolute Gasteiger partial charge is 0.391 e. The summed E-state index contributed by atoms with van der Waals surface area (Å²) in [6.45, 7) is 4.67. The third-order valence-electron chi connectivity index (χ3n) is 5.38. The second-order valence-corrected chi connectivity index (χ2v) is 11.6. The standard InChI is InChI=1S/C23H30N4O5S2/c1-3-20(28)16-25-19-6-9-21(10-7-19)33(29,30)22-8-5-18(2)23(15-22)34(31,32)26-11-4-13-27-14-12-24-17-27/h5-10,12,14-15,17,20,25-26,28H,3-4,11,13,16H2,1-2H3. The van der Waals surface area contributed by atoms with Crippen molar-refractivity contribution in [2.75, 3.05) is 18.4 Å². The summed E-state index contributed by atoms with van der Waals surface area (Å²) in [6, 6.07) is 10.2. The summed E-state index contributed by atoms with van der Waals surface area (Å²) >= 11 is 0. The van der Waals surface area contributed by atoms with Gasteiger partial charge in [-0.2, -0.15) is 0 Å². The Morgan fingerprint density at radius 3 is 2.41 bits per heavy atom. The number of benzene rings is 2. The van der Waals surface area contributed by atoms with Gasteiger partial charge in [0.05, 0.1) is 27.1 Å². The Morgan fingerprint density at radius 2 is 1.76 bits per heavy atom. The summed E-state index contributed by atoms with van der Waals surface area (Å²) in [7, 11) is -7.82. The van der Waals surface area contributed by atoms with Crippen LogP contribution in [0.15, 0.2) is 75.9 Å². The number of hydrogen-bond donors (Lipinski definition) is 3. The van der Waals surface area contributed by atoms with Gasteiger partial charge in [-0.1, -0.05) is 13.0 Å². The molecule has 3 rings (SSSR count). The van der Waals surface area contributed by atoms with E-state index in [2.05, 4.69) is 15.0 Å². The number of sulfonamides is 1. The molecule has 0 aliphatic heterocycles. The maximum absolute atomic E-state index is 13.2. The van der Waals surface area contributed by atoms with E-state index in [-0.39, 0.29) is 21.2 Å². The van der Waals surface area contributed by atoms with Crippen molar-refractivity contribution in [3.63, 3.8) is 0 Å². The van der Waals surface area contributed by atoms with Crippen molar-refractivity contribution in [1.29, 1.82) is 0 Å². The normalized spacial score (nSPS) is 13.0. The van der Waals surface area contributed by atoms with E-state index in [1.54, 1.807) is 37.8 Å². The lowest BCUT2D eigenvalue weighted by atomic mass is 10.2. The third kappa shape index (κ3) is 6.44. The molecule has 0 saturated carbocycles. The second-order valence-electron chi connectivity index (χ2n) is 7.95. The number of aromatic nitrogens is 2. The van der Waals surface area contributed by atoms with Crippen molar-refractivity contribution in [3.05, 3.63) is 66.7 Å². The number of sulfone groups is 1. The molecule has 34 heavy (non-hydrogen) atoms. The van der Waals surface area contributed by atoms with Crippen LogP contribution in [0.1, 0.15) is 25.3 Å². The van der Waals surface area contributed by atoms with E-state index in [9.17, 15) is 21.9 Å². The van der Waals surface area contributed by atoms with Crippen molar-refractivity contribution >= 4 is 25.5 Å². The van der Waals surface area contributed by atoms with Crippen LogP contribution in [-0.4, -0.2) is 50.7 Å². The minimum Gasteiger partial charge on any atom is -0.391 e. The summed E-state index contributed by atoms with van der Waals surface area (Å²) in [5.74, 6) is 0. The van der Waals surface area contributed by atoms with E-state index < -0.39 is 26.0 Å². The summed E-state index contributed by atoms with van der Waals surface area (Å²) in [4.78, 5) is 3.83. The van der Waals surface area contributed by atoms with Crippen LogP contribution < -0.4 is 10.0 Å². The molecule has 9 nitrogen and oxygen atoms in total. The number of anilines is 1. The summed E-state index contributed by atoms with van der Waals surface area (Å²) in [5.41, 5.74) is 1.13. The van der Waals surface area contributed by atoms with Crippen LogP contribution in [0.4, 0.5) is 5.69 Å². The van der Waals surface area contributed by atoms with Gasteiger partial charge in [0.2, 0.25) is 19.9 Å². The average molecular weight is 507 g/mol. The molecule has 0 aliphatic rings. The zero-order chi connectivity index (χ0) is 24.8. The summed E-state index contributed by atoms with van der Waals surface area (Å²) in [6.07, 6.45) is 5.78. The quantitative estimate of drug-likeness (QED) is 0.322. The molecule has 1 heterocycles. The molecule has 0 radical (unpaired) electrons. The summed E-state index contributed by atoms with van der Waals surface area (Å²) in [5, 5.41) is 12.7. The van der Waals surface area contributed by atoms with Crippen molar-refractivity contribution < 1.29 is 21.9 Å². The lowest BCUT2D eigenvalue weighted by Crippen LogP contribution is -2.26. The molecule has 184 valence electrons. The Balaban J connectivity index is 1.74. The lowest BCUT2D eigenvalue weighted by Gasteiger charge is -2.13. The molecule has 0 spiro atoms. The van der Waals surface area contributed by atoms with Gasteiger partial charge >= 0.3 is 0 Å². The van der Waals surface area contributed by atoms with Crippen LogP contribution in [0.25, 0.3) is 0 Å². The number of rotatable bonds is 12. The highest BCUT2D eigenvalue weighted by Crippen LogP contribution is 2.26. The number of aliphatic hydroxyl groups excluding tert-OH is 1. The number of nitrogens with zero attached hydrogens (tertiary/aromatic N) is 2. The molecule has 3 N–H and O–H groups in total. The van der Waals surface area contributed by atoms with Gasteiger partial charge in [0, 0.05) is 37.7 Å². The molecule has 0 bridgehead atoms. The van der Waals surface area contributed by atoms with Crippen LogP contribution in [0.2, 0.25) is 0 Å². The predicted octanol–water partition coefficient (Wildman–Crippen LogP) is 2.58. The van der Waals surface area contributed by atoms with E-state index >= 15 is 0 Å². The zero-order valence-electron chi connectivity index (χ0n) is 19.2. The fourth-order valence-corrected chi connectivity index (χ4v) is 5.97. The van der Waals surface area contributed by atoms with Gasteiger partial charge in [0.15, 0.2) is 0 Å². The highest BCUT2D eigenvalue weighted by molar-refractivity contribution is 7.91. The predicted molar refractivity (Wildman–Crippen MR) is 130 cm³/mol. The lowest BCUT2D eigenvalue weighted by molar-refractivity contribution is 0.183. The van der Waals surface area contributed by atoms with Crippen LogP contribution in [-0.2, 0) is 26.4 Å². The van der Waals surface area contributed by atoms with Gasteiger partial charge < -0.3 is 15.0 Å². The minimum absolute atomic E-state index is 0.0505. The molecule has 1 unspecified atom stereocenters. The topological polar surface area (TPSA) is 130 Å². The first kappa shape index (κ1) is 25.9. The molecular weight excluding hydrogens is 476 g/mol. The number of hydrogen-bond acceptors (Lipinski definition) is 7. The number of imidazole rings is 1. The van der Waals surface area contributed by atoms with Gasteiger partial charge in [-0.3, -0.25) is 0 Å². The monoisotopic (exact) mass is 506 g/mol. The van der Waals surface area contributed by atoms with E-state index in [0.717, 1.165) is 0 Å². The Labute approximate surface area is 200 Å². The fraction of sp³-hybridized carbons (Fsp3) is 0.348. The molecule has 0 fully saturated rings. The zero-order valence-corrected chi connectivity index (χ0v) is 20.8. The molecular formula is C23H30N4O5S2. The first-order chi connectivity index (χ1) is 16.1. The molecule has 3 aromatic rings. The van der Waals surface area contributed by atoms with Crippen LogP contribution in [0.5, 0.6) is 0 Å². The van der Waals surface area contributed by atoms with Gasteiger partial charge in [-0.25, -0.2) is 26.5 Å². The average Bonchev–Trinajstić information content (AvgIpc) is 3.34. The molecule has 0 saturated heterocycles. The fourth-order valence-electron chi connectivity index (χ4n) is 3.27. The smallest absolute Gasteiger partial charge is 0.240 e. The second kappa shape index (κ2) is 11.1. The maximum atomic E-state index is 13.2. The van der Waals surface area contributed by atoms with Gasteiger partial charge in [0.1, 0.15) is 0 Å². The van der Waals surface area contributed by atoms with E-state index in [1.165, 1.54) is 30.3 Å². The van der Waals surface area contributed by atoms with Crippen molar-refractivity contribution in [2.45, 2.75) is 54.0 Å². The molecule has 0 amide bonds. The Morgan fingerprint density at radius 1 is 1.06 bits per heavy atom. The Bertz CT molecular complexity index is 1290. The molecule has 11 heteroatoms. The van der Waals surface area contributed by atoms with E-state index in [4.69, 9.17) is 0 Å².